The highest BCUT2D eigenvalue weighted by Crippen LogP contribution is 2.21. The Labute approximate surface area is 103 Å². The topological polar surface area (TPSA) is 50.4 Å². The highest BCUT2D eigenvalue weighted by atomic mass is 16.3. The zero-order valence-electron chi connectivity index (χ0n) is 9.46. The van der Waals surface area contributed by atoms with Gasteiger partial charge in [-0.15, -0.1) is 0 Å². The summed E-state index contributed by atoms with van der Waals surface area (Å²) in [6, 6.07) is 13.8. The first-order valence-corrected chi connectivity index (χ1v) is 5.55. The van der Waals surface area contributed by atoms with Crippen LogP contribution in [0.3, 0.4) is 0 Å². The Morgan fingerprint density at radius 1 is 1.00 bits per heavy atom. The van der Waals surface area contributed by atoms with E-state index in [0.29, 0.717) is 16.5 Å². The van der Waals surface area contributed by atoms with Gasteiger partial charge in [0.05, 0.1) is 10.9 Å². The number of benzene rings is 2. The Kier molecular flexibility index (Phi) is 2.38. The molecule has 3 nitrogen and oxygen atoms in total. The lowest BCUT2D eigenvalue weighted by molar-refractivity contribution is 0.475. The maximum absolute atomic E-state index is 12.3. The summed E-state index contributed by atoms with van der Waals surface area (Å²) in [5, 5.41) is 9.82. The van der Waals surface area contributed by atoms with E-state index in [4.69, 9.17) is 4.42 Å². The highest BCUT2D eigenvalue weighted by Gasteiger charge is 2.09. The SMILES string of the molecule is O=c1c(-c2ccccc2)coc2ccc(O)cc12. The highest BCUT2D eigenvalue weighted by molar-refractivity contribution is 5.82. The van der Waals surface area contributed by atoms with Crippen LogP contribution in [0.1, 0.15) is 0 Å². The Bertz CT molecular complexity index is 758. The van der Waals surface area contributed by atoms with Gasteiger partial charge in [0, 0.05) is 0 Å². The molecule has 0 unspecified atom stereocenters. The van der Waals surface area contributed by atoms with E-state index in [2.05, 4.69) is 0 Å². The summed E-state index contributed by atoms with van der Waals surface area (Å²) in [5.74, 6) is 0.0556. The lowest BCUT2D eigenvalue weighted by atomic mass is 10.1. The van der Waals surface area contributed by atoms with Crippen molar-refractivity contribution in [2.75, 3.05) is 0 Å². The molecule has 0 saturated heterocycles. The molecule has 0 amide bonds. The average molecular weight is 238 g/mol. The van der Waals surface area contributed by atoms with Crippen LogP contribution in [0, 0.1) is 0 Å². The summed E-state index contributed by atoms with van der Waals surface area (Å²) in [6.07, 6.45) is 1.46. The zero-order chi connectivity index (χ0) is 12.5. The molecular formula is C15H10O3. The Morgan fingerprint density at radius 3 is 2.56 bits per heavy atom. The molecule has 1 heterocycles. The van der Waals surface area contributed by atoms with Gasteiger partial charge in [-0.2, -0.15) is 0 Å². The molecule has 3 aromatic rings. The number of hydrogen-bond donors (Lipinski definition) is 1. The van der Waals surface area contributed by atoms with Gasteiger partial charge in [0.15, 0.2) is 0 Å². The van der Waals surface area contributed by atoms with Crippen LogP contribution in [0.5, 0.6) is 5.75 Å². The van der Waals surface area contributed by atoms with Crippen molar-refractivity contribution < 1.29 is 9.52 Å². The van der Waals surface area contributed by atoms with Crippen LogP contribution in [0.4, 0.5) is 0 Å². The van der Waals surface area contributed by atoms with Gasteiger partial charge in [-0.3, -0.25) is 4.79 Å². The second-order valence-corrected chi connectivity index (χ2v) is 4.02. The minimum absolute atomic E-state index is 0.0556. The van der Waals surface area contributed by atoms with Crippen LogP contribution >= 0.6 is 0 Å². The Hall–Kier alpha value is -2.55. The van der Waals surface area contributed by atoms with E-state index in [1.807, 2.05) is 30.3 Å². The summed E-state index contributed by atoms with van der Waals surface area (Å²) in [6.45, 7) is 0. The lowest BCUT2D eigenvalue weighted by Gasteiger charge is -2.02. The van der Waals surface area contributed by atoms with Crippen molar-refractivity contribution in [3.63, 3.8) is 0 Å². The van der Waals surface area contributed by atoms with E-state index < -0.39 is 0 Å². The normalized spacial score (nSPS) is 10.7. The quantitative estimate of drug-likeness (QED) is 0.708. The Balaban J connectivity index is 2.33. The minimum atomic E-state index is -0.140. The summed E-state index contributed by atoms with van der Waals surface area (Å²) in [5.41, 5.74) is 1.63. The maximum atomic E-state index is 12.3. The van der Waals surface area contributed by atoms with Crippen LogP contribution in [0.2, 0.25) is 0 Å². The second kappa shape index (κ2) is 4.04. The molecule has 3 rings (SSSR count). The molecule has 0 aliphatic rings. The number of phenols is 1. The lowest BCUT2D eigenvalue weighted by Crippen LogP contribution is -2.04. The molecule has 0 atom stereocenters. The van der Waals surface area contributed by atoms with E-state index in [-0.39, 0.29) is 11.2 Å². The van der Waals surface area contributed by atoms with Crippen molar-refractivity contribution in [3.05, 3.63) is 65.0 Å². The van der Waals surface area contributed by atoms with Gasteiger partial charge in [0.25, 0.3) is 0 Å². The molecule has 1 aromatic heterocycles. The van der Waals surface area contributed by atoms with Crippen LogP contribution in [-0.4, -0.2) is 5.11 Å². The van der Waals surface area contributed by atoms with Gasteiger partial charge >= 0.3 is 0 Å². The van der Waals surface area contributed by atoms with Crippen LogP contribution in [0.15, 0.2) is 64.0 Å². The third-order valence-corrected chi connectivity index (χ3v) is 2.84. The molecule has 0 saturated carbocycles. The number of phenolic OH excluding ortho intramolecular Hbond substituents is 1. The fraction of sp³-hybridized carbons (Fsp3) is 0. The molecule has 0 aliphatic carbocycles. The third kappa shape index (κ3) is 1.66. The summed E-state index contributed by atoms with van der Waals surface area (Å²) < 4.78 is 5.42. The van der Waals surface area contributed by atoms with Gasteiger partial charge in [0.1, 0.15) is 17.6 Å². The number of fused-ring (bicyclic) bond motifs is 1. The molecule has 2 aromatic carbocycles. The van der Waals surface area contributed by atoms with Crippen molar-refractivity contribution in [1.82, 2.24) is 0 Å². The van der Waals surface area contributed by atoms with E-state index in [0.717, 1.165) is 5.56 Å². The fourth-order valence-corrected chi connectivity index (χ4v) is 1.94. The van der Waals surface area contributed by atoms with Gasteiger partial charge in [-0.1, -0.05) is 30.3 Å². The number of aromatic hydroxyl groups is 1. The monoisotopic (exact) mass is 238 g/mol. The van der Waals surface area contributed by atoms with Gasteiger partial charge in [-0.05, 0) is 23.8 Å². The molecule has 0 bridgehead atoms. The van der Waals surface area contributed by atoms with Crippen molar-refractivity contribution in [2.24, 2.45) is 0 Å². The molecule has 0 aliphatic heterocycles. The first-order valence-electron chi connectivity index (χ1n) is 5.55. The smallest absolute Gasteiger partial charge is 0.200 e. The van der Waals surface area contributed by atoms with E-state index in [1.165, 1.54) is 18.4 Å². The van der Waals surface area contributed by atoms with Gasteiger partial charge < -0.3 is 9.52 Å². The zero-order valence-corrected chi connectivity index (χ0v) is 9.46. The molecule has 0 radical (unpaired) electrons. The standard InChI is InChI=1S/C15H10O3/c16-11-6-7-14-12(8-11)15(17)13(9-18-14)10-4-2-1-3-5-10/h1-9,16H. The molecule has 0 spiro atoms. The summed E-state index contributed by atoms with van der Waals surface area (Å²) in [4.78, 5) is 12.3. The van der Waals surface area contributed by atoms with E-state index in [9.17, 15) is 9.90 Å². The van der Waals surface area contributed by atoms with Crippen LogP contribution in [0.25, 0.3) is 22.1 Å². The predicted molar refractivity (Wildman–Crippen MR) is 69.6 cm³/mol. The average Bonchev–Trinajstić information content (AvgIpc) is 2.41. The number of hydrogen-bond acceptors (Lipinski definition) is 3. The molecule has 3 heteroatoms. The van der Waals surface area contributed by atoms with Gasteiger partial charge in [-0.25, -0.2) is 0 Å². The molecular weight excluding hydrogens is 228 g/mol. The second-order valence-electron chi connectivity index (χ2n) is 4.02. The van der Waals surface area contributed by atoms with Crippen LogP contribution < -0.4 is 5.43 Å². The molecule has 18 heavy (non-hydrogen) atoms. The maximum Gasteiger partial charge on any atom is 0.200 e. The Morgan fingerprint density at radius 2 is 1.78 bits per heavy atom. The third-order valence-electron chi connectivity index (χ3n) is 2.84. The largest absolute Gasteiger partial charge is 0.508 e. The first kappa shape index (κ1) is 10.6. The molecule has 1 N–H and O–H groups in total. The van der Waals surface area contributed by atoms with Crippen molar-refractivity contribution in [1.29, 1.82) is 0 Å². The summed E-state index contributed by atoms with van der Waals surface area (Å²) >= 11 is 0. The van der Waals surface area contributed by atoms with E-state index >= 15 is 0 Å². The fourth-order valence-electron chi connectivity index (χ4n) is 1.94. The minimum Gasteiger partial charge on any atom is -0.508 e. The summed E-state index contributed by atoms with van der Waals surface area (Å²) in [7, 11) is 0. The molecule has 0 fully saturated rings. The number of rotatable bonds is 1. The first-order chi connectivity index (χ1) is 8.75. The van der Waals surface area contributed by atoms with Crippen molar-refractivity contribution in [3.8, 4) is 16.9 Å². The molecule has 88 valence electrons. The van der Waals surface area contributed by atoms with Gasteiger partial charge in [0.2, 0.25) is 5.43 Å². The predicted octanol–water partition coefficient (Wildman–Crippen LogP) is 3.17. The van der Waals surface area contributed by atoms with Crippen molar-refractivity contribution >= 4 is 11.0 Å². The van der Waals surface area contributed by atoms with Crippen LogP contribution in [-0.2, 0) is 0 Å². The van der Waals surface area contributed by atoms with Crippen molar-refractivity contribution in [2.45, 2.75) is 0 Å². The van der Waals surface area contributed by atoms with E-state index in [1.54, 1.807) is 6.07 Å².